The number of thioether (sulfide) groups is 1. The van der Waals surface area contributed by atoms with E-state index in [0.717, 1.165) is 37.2 Å². The third-order valence-electron chi connectivity index (χ3n) is 3.01. The van der Waals surface area contributed by atoms with Gasteiger partial charge in [-0.3, -0.25) is 4.79 Å². The maximum Gasteiger partial charge on any atom is 0.232 e. The third-order valence-corrected chi connectivity index (χ3v) is 4.35. The molecular weight excluding hydrogens is 268 g/mol. The standard InChI is InChI=1S/C13H17ClN2OS/c14-11-4-3-10(7-12(11)15)8-18-9-13(17)16-5-1-2-6-16/h3-4,7H,1-2,5-6,8-9,15H2. The summed E-state index contributed by atoms with van der Waals surface area (Å²) in [6.45, 7) is 1.85. The Bertz CT molecular complexity index is 433. The van der Waals surface area contributed by atoms with Crippen LogP contribution in [0.3, 0.4) is 0 Å². The maximum atomic E-state index is 11.8. The largest absolute Gasteiger partial charge is 0.398 e. The molecule has 0 aliphatic carbocycles. The summed E-state index contributed by atoms with van der Waals surface area (Å²) in [5.41, 5.74) is 7.44. The van der Waals surface area contributed by atoms with Gasteiger partial charge in [0.15, 0.2) is 0 Å². The van der Waals surface area contributed by atoms with E-state index >= 15 is 0 Å². The average molecular weight is 285 g/mol. The predicted octanol–water partition coefficient (Wildman–Crippen LogP) is 2.78. The second-order valence-corrected chi connectivity index (χ2v) is 5.83. The molecule has 0 aromatic heterocycles. The van der Waals surface area contributed by atoms with E-state index in [9.17, 15) is 4.79 Å². The number of amides is 1. The van der Waals surface area contributed by atoms with Crippen molar-refractivity contribution < 1.29 is 4.79 Å². The Balaban J connectivity index is 1.77. The Labute approximate surface area is 117 Å². The number of benzene rings is 1. The Kier molecular flexibility index (Phi) is 4.78. The molecule has 18 heavy (non-hydrogen) atoms. The average Bonchev–Trinajstić information content (AvgIpc) is 2.87. The quantitative estimate of drug-likeness (QED) is 0.865. The molecule has 1 amide bonds. The molecule has 0 spiro atoms. The normalized spacial score (nSPS) is 15.1. The molecule has 1 fully saturated rings. The first-order chi connectivity index (χ1) is 8.66. The van der Waals surface area contributed by atoms with Gasteiger partial charge >= 0.3 is 0 Å². The molecule has 2 rings (SSSR count). The van der Waals surface area contributed by atoms with Gasteiger partial charge in [0, 0.05) is 18.8 Å². The monoisotopic (exact) mass is 284 g/mol. The highest BCUT2D eigenvalue weighted by molar-refractivity contribution is 7.99. The van der Waals surface area contributed by atoms with E-state index in [4.69, 9.17) is 17.3 Å². The molecule has 0 radical (unpaired) electrons. The van der Waals surface area contributed by atoms with Gasteiger partial charge in [0.25, 0.3) is 0 Å². The van der Waals surface area contributed by atoms with Crippen molar-refractivity contribution in [3.63, 3.8) is 0 Å². The van der Waals surface area contributed by atoms with Gasteiger partial charge in [-0.25, -0.2) is 0 Å². The minimum Gasteiger partial charge on any atom is -0.398 e. The van der Waals surface area contributed by atoms with Crippen LogP contribution in [0.2, 0.25) is 5.02 Å². The van der Waals surface area contributed by atoms with Crippen LogP contribution in [0.5, 0.6) is 0 Å². The van der Waals surface area contributed by atoms with Gasteiger partial charge in [-0.1, -0.05) is 17.7 Å². The molecule has 5 heteroatoms. The summed E-state index contributed by atoms with van der Waals surface area (Å²) in [4.78, 5) is 13.8. The summed E-state index contributed by atoms with van der Waals surface area (Å²) in [5, 5.41) is 0.580. The fourth-order valence-electron chi connectivity index (χ4n) is 2.00. The number of anilines is 1. The maximum absolute atomic E-state index is 11.8. The van der Waals surface area contributed by atoms with Crippen LogP contribution in [-0.4, -0.2) is 29.6 Å². The lowest BCUT2D eigenvalue weighted by molar-refractivity contribution is -0.127. The van der Waals surface area contributed by atoms with Crippen LogP contribution < -0.4 is 5.73 Å². The highest BCUT2D eigenvalue weighted by Gasteiger charge is 2.17. The van der Waals surface area contributed by atoms with E-state index in [1.165, 1.54) is 0 Å². The molecule has 1 saturated heterocycles. The number of halogens is 1. The van der Waals surface area contributed by atoms with Crippen LogP contribution in [0, 0.1) is 0 Å². The zero-order valence-corrected chi connectivity index (χ0v) is 11.8. The number of carbonyl (C=O) groups is 1. The number of nitrogens with two attached hydrogens (primary N) is 1. The summed E-state index contributed by atoms with van der Waals surface area (Å²) in [6.07, 6.45) is 2.29. The summed E-state index contributed by atoms with van der Waals surface area (Å²) in [5.74, 6) is 1.59. The van der Waals surface area contributed by atoms with Crippen molar-refractivity contribution in [2.24, 2.45) is 0 Å². The lowest BCUT2D eigenvalue weighted by atomic mass is 10.2. The molecule has 1 aliphatic rings. The third kappa shape index (κ3) is 3.56. The van der Waals surface area contributed by atoms with E-state index < -0.39 is 0 Å². The Morgan fingerprint density at radius 2 is 2.11 bits per heavy atom. The molecule has 0 saturated carbocycles. The van der Waals surface area contributed by atoms with Gasteiger partial charge in [-0.05, 0) is 30.5 Å². The van der Waals surface area contributed by atoms with Crippen LogP contribution in [0.4, 0.5) is 5.69 Å². The first-order valence-electron chi connectivity index (χ1n) is 6.06. The molecule has 1 aromatic carbocycles. The molecule has 0 atom stereocenters. The number of carbonyl (C=O) groups excluding carboxylic acids is 1. The molecule has 3 nitrogen and oxygen atoms in total. The van der Waals surface area contributed by atoms with Crippen molar-refractivity contribution in [3.05, 3.63) is 28.8 Å². The first kappa shape index (κ1) is 13.6. The predicted molar refractivity (Wildman–Crippen MR) is 77.8 cm³/mol. The van der Waals surface area contributed by atoms with Gasteiger partial charge < -0.3 is 10.6 Å². The minimum atomic E-state index is 0.249. The molecular formula is C13H17ClN2OS. The van der Waals surface area contributed by atoms with E-state index in [-0.39, 0.29) is 5.91 Å². The second-order valence-electron chi connectivity index (χ2n) is 4.44. The smallest absolute Gasteiger partial charge is 0.232 e. The number of hydrogen-bond acceptors (Lipinski definition) is 3. The van der Waals surface area contributed by atoms with Crippen molar-refractivity contribution in [1.82, 2.24) is 4.90 Å². The van der Waals surface area contributed by atoms with Crippen LogP contribution in [0.1, 0.15) is 18.4 Å². The summed E-state index contributed by atoms with van der Waals surface area (Å²) in [7, 11) is 0. The van der Waals surface area contributed by atoms with E-state index in [1.807, 2.05) is 17.0 Å². The Morgan fingerprint density at radius 3 is 2.78 bits per heavy atom. The highest BCUT2D eigenvalue weighted by atomic mass is 35.5. The SMILES string of the molecule is Nc1cc(CSCC(=O)N2CCCC2)ccc1Cl. The van der Waals surface area contributed by atoms with Crippen LogP contribution in [0.15, 0.2) is 18.2 Å². The number of likely N-dealkylation sites (tertiary alicyclic amines) is 1. The zero-order chi connectivity index (χ0) is 13.0. The van der Waals surface area contributed by atoms with E-state index in [2.05, 4.69) is 0 Å². The number of rotatable bonds is 4. The molecule has 1 aliphatic heterocycles. The summed E-state index contributed by atoms with van der Waals surface area (Å²) in [6, 6.07) is 5.62. The van der Waals surface area contributed by atoms with E-state index in [1.54, 1.807) is 17.8 Å². The summed E-state index contributed by atoms with van der Waals surface area (Å²) >= 11 is 7.48. The van der Waals surface area contributed by atoms with Crippen molar-refractivity contribution in [2.45, 2.75) is 18.6 Å². The van der Waals surface area contributed by atoms with Crippen LogP contribution >= 0.6 is 23.4 Å². The molecule has 2 N–H and O–H groups in total. The van der Waals surface area contributed by atoms with Crippen molar-refractivity contribution in [2.75, 3.05) is 24.6 Å². The topological polar surface area (TPSA) is 46.3 Å². The van der Waals surface area contributed by atoms with Crippen molar-refractivity contribution in [1.29, 1.82) is 0 Å². The number of hydrogen-bond donors (Lipinski definition) is 1. The molecule has 0 bridgehead atoms. The molecule has 1 aromatic rings. The van der Waals surface area contributed by atoms with Crippen LogP contribution in [-0.2, 0) is 10.5 Å². The van der Waals surface area contributed by atoms with Gasteiger partial charge in [0.05, 0.1) is 16.5 Å². The molecule has 1 heterocycles. The Morgan fingerprint density at radius 1 is 1.39 bits per heavy atom. The van der Waals surface area contributed by atoms with Gasteiger partial charge in [0.2, 0.25) is 5.91 Å². The fraction of sp³-hybridized carbons (Fsp3) is 0.462. The molecule has 98 valence electrons. The zero-order valence-electron chi connectivity index (χ0n) is 10.2. The first-order valence-corrected chi connectivity index (χ1v) is 7.59. The molecule has 0 unspecified atom stereocenters. The van der Waals surface area contributed by atoms with E-state index in [0.29, 0.717) is 16.5 Å². The minimum absolute atomic E-state index is 0.249. The number of nitrogen functional groups attached to an aromatic ring is 1. The number of nitrogens with zero attached hydrogens (tertiary/aromatic N) is 1. The van der Waals surface area contributed by atoms with Gasteiger partial charge in [0.1, 0.15) is 0 Å². The summed E-state index contributed by atoms with van der Waals surface area (Å²) < 4.78 is 0. The highest BCUT2D eigenvalue weighted by Crippen LogP contribution is 2.22. The van der Waals surface area contributed by atoms with Crippen LogP contribution in [0.25, 0.3) is 0 Å². The fourth-order valence-corrected chi connectivity index (χ4v) is 2.99. The van der Waals surface area contributed by atoms with Gasteiger partial charge in [-0.2, -0.15) is 0 Å². The van der Waals surface area contributed by atoms with Gasteiger partial charge in [-0.15, -0.1) is 11.8 Å². The second kappa shape index (κ2) is 6.34. The Hall–Kier alpha value is -0.870. The van der Waals surface area contributed by atoms with Crippen molar-refractivity contribution in [3.8, 4) is 0 Å². The van der Waals surface area contributed by atoms with Crippen molar-refractivity contribution >= 4 is 35.0 Å². The lowest BCUT2D eigenvalue weighted by Crippen LogP contribution is -2.29. The lowest BCUT2D eigenvalue weighted by Gasteiger charge is -2.14.